The summed E-state index contributed by atoms with van der Waals surface area (Å²) >= 11 is 0. The Morgan fingerprint density at radius 2 is 1.85 bits per heavy atom. The lowest BCUT2D eigenvalue weighted by Crippen LogP contribution is -2.07. The average molecular weight is 374 g/mol. The number of aryl methyl sites for hydroxylation is 1. The van der Waals surface area contributed by atoms with Crippen molar-refractivity contribution in [3.63, 3.8) is 0 Å². The molecule has 7 nitrogen and oxygen atoms in total. The first-order chi connectivity index (χ1) is 13.2. The molecule has 0 aliphatic carbocycles. The highest BCUT2D eigenvalue weighted by atomic mass is 16.5. The molecule has 2 aromatic heterocycles. The third-order valence-electron chi connectivity index (χ3n) is 4.54. The highest BCUT2D eigenvalue weighted by molar-refractivity contribution is 6.02. The fourth-order valence-corrected chi connectivity index (χ4v) is 2.99. The second kappa shape index (κ2) is 10.7. The molecule has 0 saturated heterocycles. The molecular formula is C20H31N5O2. The Bertz CT molecular complexity index is 761. The van der Waals surface area contributed by atoms with Crippen LogP contribution in [0.2, 0.25) is 0 Å². The van der Waals surface area contributed by atoms with Crippen molar-refractivity contribution < 1.29 is 9.53 Å². The fraction of sp³-hybridized carbons (Fsp3) is 0.650. The molecule has 0 N–H and O–H groups in total. The molecule has 0 aliphatic heterocycles. The number of ether oxygens (including phenoxy) is 1. The summed E-state index contributed by atoms with van der Waals surface area (Å²) in [7, 11) is 0. The van der Waals surface area contributed by atoms with Crippen LogP contribution in [0, 0.1) is 0 Å². The summed E-state index contributed by atoms with van der Waals surface area (Å²) in [5, 5.41) is 14.2. The first-order valence-corrected chi connectivity index (χ1v) is 10.1. The maximum Gasteiger partial charge on any atom is 0.342 e. The maximum atomic E-state index is 12.4. The van der Waals surface area contributed by atoms with E-state index in [9.17, 15) is 4.79 Å². The molecule has 0 amide bonds. The molecule has 2 rings (SSSR count). The Kier molecular flexibility index (Phi) is 8.36. The zero-order valence-electron chi connectivity index (χ0n) is 16.9. The Labute approximate surface area is 161 Å². The number of carbonyl (C=O) groups excluding carboxylic acids is 1. The van der Waals surface area contributed by atoms with Crippen LogP contribution >= 0.6 is 0 Å². The summed E-state index contributed by atoms with van der Waals surface area (Å²) in [5.41, 5.74) is 1.56. The molecule has 7 heteroatoms. The van der Waals surface area contributed by atoms with E-state index >= 15 is 0 Å². The van der Waals surface area contributed by atoms with Gasteiger partial charge in [-0.3, -0.25) is 0 Å². The van der Waals surface area contributed by atoms with Gasteiger partial charge in [0.25, 0.3) is 0 Å². The number of aromatic nitrogens is 3. The number of azo groups is 1. The Balaban J connectivity index is 2.43. The zero-order chi connectivity index (χ0) is 19.6. The van der Waals surface area contributed by atoms with Gasteiger partial charge in [-0.2, -0.15) is 15.3 Å². The highest BCUT2D eigenvalue weighted by Crippen LogP contribution is 2.30. The molecule has 0 saturated carbocycles. The summed E-state index contributed by atoms with van der Waals surface area (Å²) in [6.07, 6.45) is 9.76. The molecule has 2 heterocycles. The van der Waals surface area contributed by atoms with Gasteiger partial charge >= 0.3 is 5.97 Å². The number of pyridine rings is 1. The molecule has 0 unspecified atom stereocenters. The van der Waals surface area contributed by atoms with E-state index in [2.05, 4.69) is 34.2 Å². The van der Waals surface area contributed by atoms with Crippen molar-refractivity contribution in [2.45, 2.75) is 78.8 Å². The summed E-state index contributed by atoms with van der Waals surface area (Å²) < 4.78 is 6.97. The van der Waals surface area contributed by atoms with E-state index in [4.69, 9.17) is 4.74 Å². The topological polar surface area (TPSA) is 81.7 Å². The number of rotatable bonds is 11. The minimum Gasteiger partial charge on any atom is -0.462 e. The fourth-order valence-electron chi connectivity index (χ4n) is 2.99. The smallest absolute Gasteiger partial charge is 0.342 e. The van der Waals surface area contributed by atoms with Crippen molar-refractivity contribution in [2.75, 3.05) is 6.61 Å². The van der Waals surface area contributed by atoms with Crippen LogP contribution in [0.1, 0.15) is 76.6 Å². The van der Waals surface area contributed by atoms with Gasteiger partial charge in [0.2, 0.25) is 0 Å². The molecule has 0 radical (unpaired) electrons. The zero-order valence-corrected chi connectivity index (χ0v) is 16.9. The largest absolute Gasteiger partial charge is 0.462 e. The predicted molar refractivity (Wildman–Crippen MR) is 107 cm³/mol. The number of esters is 1. The molecule has 0 fully saturated rings. The van der Waals surface area contributed by atoms with E-state index in [1.165, 1.54) is 6.20 Å². The van der Waals surface area contributed by atoms with Crippen molar-refractivity contribution in [1.82, 2.24) is 14.8 Å². The summed E-state index contributed by atoms with van der Waals surface area (Å²) in [6.45, 7) is 9.14. The maximum absolute atomic E-state index is 12.4. The number of carbonyl (C=O) groups is 1. The Morgan fingerprint density at radius 1 is 1.15 bits per heavy atom. The molecular weight excluding hydrogens is 342 g/mol. The first-order valence-electron chi connectivity index (χ1n) is 10.1. The predicted octanol–water partition coefficient (Wildman–Crippen LogP) is 5.46. The molecule has 0 atom stereocenters. The van der Waals surface area contributed by atoms with Crippen LogP contribution in [-0.4, -0.2) is 33.4 Å². The lowest BCUT2D eigenvalue weighted by Gasteiger charge is -2.11. The molecule has 2 aromatic rings. The van der Waals surface area contributed by atoms with E-state index in [1.54, 1.807) is 17.8 Å². The van der Waals surface area contributed by atoms with Crippen molar-refractivity contribution in [2.24, 2.45) is 10.2 Å². The summed E-state index contributed by atoms with van der Waals surface area (Å²) in [6, 6.07) is 0.171. The molecule has 148 valence electrons. The Hall–Kier alpha value is -2.31. The molecule has 0 aromatic carbocycles. The van der Waals surface area contributed by atoms with E-state index in [1.807, 2.05) is 6.92 Å². The van der Waals surface area contributed by atoms with Gasteiger partial charge in [0.05, 0.1) is 24.2 Å². The average Bonchev–Trinajstić information content (AvgIpc) is 3.10. The second-order valence-electron chi connectivity index (χ2n) is 6.59. The number of hydrogen-bond donors (Lipinski definition) is 0. The highest BCUT2D eigenvalue weighted by Gasteiger charge is 2.19. The molecule has 0 spiro atoms. The normalized spacial score (nSPS) is 11.7. The summed E-state index contributed by atoms with van der Waals surface area (Å²) in [5.74, 6) is -0.427. The number of nitrogens with zero attached hydrogens (tertiary/aromatic N) is 5. The number of fused-ring (bicyclic) bond motifs is 1. The van der Waals surface area contributed by atoms with E-state index in [0.29, 0.717) is 30.0 Å². The van der Waals surface area contributed by atoms with Crippen molar-refractivity contribution >= 4 is 22.7 Å². The van der Waals surface area contributed by atoms with Crippen LogP contribution in [0.5, 0.6) is 0 Å². The van der Waals surface area contributed by atoms with Gasteiger partial charge in [0.15, 0.2) is 5.65 Å². The van der Waals surface area contributed by atoms with Crippen LogP contribution < -0.4 is 0 Å². The minimum atomic E-state index is -0.427. The van der Waals surface area contributed by atoms with Gasteiger partial charge < -0.3 is 4.74 Å². The van der Waals surface area contributed by atoms with Gasteiger partial charge in [-0.25, -0.2) is 14.5 Å². The SMILES string of the molecule is CCCCC(CCCC)N=Nc1c(C(=O)OCC)cnc2c1cnn2CC. The Morgan fingerprint density at radius 3 is 2.44 bits per heavy atom. The lowest BCUT2D eigenvalue weighted by molar-refractivity contribution is 0.0527. The van der Waals surface area contributed by atoms with Crippen molar-refractivity contribution in [3.05, 3.63) is 18.0 Å². The van der Waals surface area contributed by atoms with E-state index < -0.39 is 5.97 Å². The standard InChI is InChI=1S/C20H31N5O2/c1-5-9-11-15(12-10-6-2)23-24-18-16-14-22-25(7-3)19(16)21-13-17(18)20(26)27-8-4/h13-15H,5-12H2,1-4H3. The number of hydrogen-bond acceptors (Lipinski definition) is 6. The monoisotopic (exact) mass is 373 g/mol. The van der Waals surface area contributed by atoms with Gasteiger partial charge in [0, 0.05) is 12.7 Å². The van der Waals surface area contributed by atoms with Crippen molar-refractivity contribution in [3.8, 4) is 0 Å². The van der Waals surface area contributed by atoms with Crippen molar-refractivity contribution in [1.29, 1.82) is 0 Å². The van der Waals surface area contributed by atoms with E-state index in [0.717, 1.165) is 43.9 Å². The van der Waals surface area contributed by atoms with Gasteiger partial charge in [-0.1, -0.05) is 39.5 Å². The van der Waals surface area contributed by atoms with Crippen LogP contribution in [0.25, 0.3) is 11.0 Å². The van der Waals surface area contributed by atoms with Crippen LogP contribution in [0.3, 0.4) is 0 Å². The van der Waals surface area contributed by atoms with Gasteiger partial charge in [-0.05, 0) is 26.7 Å². The van der Waals surface area contributed by atoms with Gasteiger partial charge in [0.1, 0.15) is 11.3 Å². The first kappa shape index (κ1) is 21.0. The van der Waals surface area contributed by atoms with Crippen LogP contribution in [-0.2, 0) is 11.3 Å². The quantitative estimate of drug-likeness (QED) is 0.387. The minimum absolute atomic E-state index is 0.171. The molecule has 27 heavy (non-hydrogen) atoms. The summed E-state index contributed by atoms with van der Waals surface area (Å²) in [4.78, 5) is 16.8. The van der Waals surface area contributed by atoms with Gasteiger partial charge in [-0.15, -0.1) is 0 Å². The number of unbranched alkanes of at least 4 members (excludes halogenated alkanes) is 2. The third kappa shape index (κ3) is 5.34. The molecule has 0 aliphatic rings. The third-order valence-corrected chi connectivity index (χ3v) is 4.54. The second-order valence-corrected chi connectivity index (χ2v) is 6.59. The van der Waals surface area contributed by atoms with E-state index in [-0.39, 0.29) is 6.04 Å². The molecule has 0 bridgehead atoms. The van der Waals surface area contributed by atoms with Crippen LogP contribution in [0.15, 0.2) is 22.6 Å². The lowest BCUT2D eigenvalue weighted by atomic mass is 10.0. The van der Waals surface area contributed by atoms with Crippen LogP contribution in [0.4, 0.5) is 5.69 Å².